The van der Waals surface area contributed by atoms with E-state index in [1.807, 2.05) is 31.6 Å². The zero-order chi connectivity index (χ0) is 14.0. The average Bonchev–Trinajstić information content (AvgIpc) is 2.93. The lowest BCUT2D eigenvalue weighted by molar-refractivity contribution is -0.151. The van der Waals surface area contributed by atoms with Crippen LogP contribution in [-0.2, 0) is 18.3 Å². The average molecular weight is 265 g/mol. The zero-order valence-electron chi connectivity index (χ0n) is 12.0. The molecule has 0 aromatic carbocycles. The van der Waals surface area contributed by atoms with E-state index in [1.54, 1.807) is 6.20 Å². The molecule has 1 aromatic rings. The monoisotopic (exact) mass is 265 g/mol. The van der Waals surface area contributed by atoms with Crippen molar-refractivity contribution in [1.29, 1.82) is 0 Å². The normalized spacial score (nSPS) is 24.2. The largest absolute Gasteiger partial charge is 0.481 e. The Kier molecular flexibility index (Phi) is 3.94. The summed E-state index contributed by atoms with van der Waals surface area (Å²) in [5, 5.41) is 13.7. The molecule has 0 spiro atoms. The van der Waals surface area contributed by atoms with Crippen LogP contribution in [0, 0.1) is 11.3 Å². The van der Waals surface area contributed by atoms with Crippen LogP contribution in [0.5, 0.6) is 0 Å². The van der Waals surface area contributed by atoms with Crippen LogP contribution in [0.25, 0.3) is 0 Å². The molecular weight excluding hydrogens is 242 g/mol. The number of hydrogen-bond donors (Lipinski definition) is 1. The van der Waals surface area contributed by atoms with Crippen molar-refractivity contribution < 1.29 is 9.90 Å². The molecule has 2 rings (SSSR count). The molecule has 106 valence electrons. The summed E-state index contributed by atoms with van der Waals surface area (Å²) in [6.45, 7) is 6.47. The van der Waals surface area contributed by atoms with E-state index in [4.69, 9.17) is 0 Å². The summed E-state index contributed by atoms with van der Waals surface area (Å²) in [5.41, 5.74) is 0.629. The Hall–Kier alpha value is -1.36. The SMILES string of the molecule is CC(C)C1(C(=O)O)CCN(CCc2ccnn2C)C1. The van der Waals surface area contributed by atoms with Crippen LogP contribution in [-0.4, -0.2) is 45.4 Å². The van der Waals surface area contributed by atoms with E-state index in [1.165, 1.54) is 5.69 Å². The number of carboxylic acid groups (broad SMARTS) is 1. The lowest BCUT2D eigenvalue weighted by atomic mass is 9.76. The third-order valence-electron chi connectivity index (χ3n) is 4.52. The van der Waals surface area contributed by atoms with E-state index in [0.717, 1.165) is 25.9 Å². The number of aliphatic carboxylic acids is 1. The molecule has 1 saturated heterocycles. The second-order valence-electron chi connectivity index (χ2n) is 5.84. The highest BCUT2D eigenvalue weighted by Crippen LogP contribution is 2.38. The van der Waals surface area contributed by atoms with Gasteiger partial charge in [0.1, 0.15) is 0 Å². The third-order valence-corrected chi connectivity index (χ3v) is 4.52. The Morgan fingerprint density at radius 1 is 1.58 bits per heavy atom. The van der Waals surface area contributed by atoms with Crippen molar-refractivity contribution in [3.63, 3.8) is 0 Å². The highest BCUT2D eigenvalue weighted by molar-refractivity contribution is 5.75. The van der Waals surface area contributed by atoms with Crippen molar-refractivity contribution in [3.05, 3.63) is 18.0 Å². The first-order valence-electron chi connectivity index (χ1n) is 6.88. The van der Waals surface area contributed by atoms with E-state index in [-0.39, 0.29) is 5.92 Å². The summed E-state index contributed by atoms with van der Waals surface area (Å²) in [6.07, 6.45) is 3.48. The Balaban J connectivity index is 1.95. The van der Waals surface area contributed by atoms with Crippen LogP contribution in [0.4, 0.5) is 0 Å². The van der Waals surface area contributed by atoms with Crippen molar-refractivity contribution in [3.8, 4) is 0 Å². The Morgan fingerprint density at radius 2 is 2.32 bits per heavy atom. The number of carboxylic acids is 1. The van der Waals surface area contributed by atoms with E-state index < -0.39 is 11.4 Å². The van der Waals surface area contributed by atoms with Gasteiger partial charge in [0.2, 0.25) is 0 Å². The molecule has 0 radical (unpaired) electrons. The lowest BCUT2D eigenvalue weighted by Crippen LogP contribution is -2.39. The van der Waals surface area contributed by atoms with Gasteiger partial charge in [0, 0.05) is 38.4 Å². The maximum absolute atomic E-state index is 11.6. The maximum Gasteiger partial charge on any atom is 0.311 e. The van der Waals surface area contributed by atoms with Crippen LogP contribution in [0.3, 0.4) is 0 Å². The smallest absolute Gasteiger partial charge is 0.311 e. The molecule has 5 nitrogen and oxygen atoms in total. The first-order chi connectivity index (χ1) is 8.95. The van der Waals surface area contributed by atoms with Gasteiger partial charge in [-0.25, -0.2) is 0 Å². The lowest BCUT2D eigenvalue weighted by Gasteiger charge is -2.28. The molecule has 19 heavy (non-hydrogen) atoms. The topological polar surface area (TPSA) is 58.4 Å². The van der Waals surface area contributed by atoms with Crippen molar-refractivity contribution >= 4 is 5.97 Å². The number of carbonyl (C=O) groups is 1. The fourth-order valence-corrected chi connectivity index (χ4v) is 2.92. The van der Waals surface area contributed by atoms with Gasteiger partial charge in [-0.2, -0.15) is 5.10 Å². The maximum atomic E-state index is 11.6. The van der Waals surface area contributed by atoms with Gasteiger partial charge in [-0.05, 0) is 24.9 Å². The number of aryl methyl sites for hydroxylation is 1. The molecule has 1 aromatic heterocycles. The Morgan fingerprint density at radius 3 is 2.79 bits per heavy atom. The number of aromatic nitrogens is 2. The zero-order valence-corrected chi connectivity index (χ0v) is 12.0. The summed E-state index contributed by atoms with van der Waals surface area (Å²) >= 11 is 0. The minimum Gasteiger partial charge on any atom is -0.481 e. The predicted octanol–water partition coefficient (Wildman–Crippen LogP) is 1.40. The van der Waals surface area contributed by atoms with Crippen LogP contribution < -0.4 is 0 Å². The summed E-state index contributed by atoms with van der Waals surface area (Å²) in [4.78, 5) is 13.8. The fourth-order valence-electron chi connectivity index (χ4n) is 2.92. The van der Waals surface area contributed by atoms with Crippen molar-refractivity contribution in [2.75, 3.05) is 19.6 Å². The van der Waals surface area contributed by atoms with Gasteiger partial charge in [0.05, 0.1) is 5.41 Å². The molecule has 0 aliphatic carbocycles. The van der Waals surface area contributed by atoms with E-state index in [0.29, 0.717) is 6.54 Å². The van der Waals surface area contributed by atoms with Crippen molar-refractivity contribution in [2.45, 2.75) is 26.7 Å². The second kappa shape index (κ2) is 5.33. The molecule has 1 fully saturated rings. The van der Waals surface area contributed by atoms with Crippen LogP contribution in [0.2, 0.25) is 0 Å². The Labute approximate surface area is 114 Å². The number of rotatable bonds is 5. The van der Waals surface area contributed by atoms with Gasteiger partial charge in [0.15, 0.2) is 0 Å². The molecule has 1 unspecified atom stereocenters. The summed E-state index contributed by atoms with van der Waals surface area (Å²) in [6, 6.07) is 2.02. The van der Waals surface area contributed by atoms with E-state index >= 15 is 0 Å². The highest BCUT2D eigenvalue weighted by atomic mass is 16.4. The van der Waals surface area contributed by atoms with E-state index in [9.17, 15) is 9.90 Å². The van der Waals surface area contributed by atoms with Gasteiger partial charge in [-0.15, -0.1) is 0 Å². The third kappa shape index (κ3) is 2.66. The minimum atomic E-state index is -0.648. The molecule has 0 saturated carbocycles. The van der Waals surface area contributed by atoms with Crippen molar-refractivity contribution in [2.24, 2.45) is 18.4 Å². The number of nitrogens with zero attached hydrogens (tertiary/aromatic N) is 3. The Bertz CT molecular complexity index is 455. The van der Waals surface area contributed by atoms with Gasteiger partial charge >= 0.3 is 5.97 Å². The predicted molar refractivity (Wildman–Crippen MR) is 72.9 cm³/mol. The second-order valence-corrected chi connectivity index (χ2v) is 5.84. The van der Waals surface area contributed by atoms with Gasteiger partial charge < -0.3 is 10.0 Å². The summed E-state index contributed by atoms with van der Waals surface area (Å²) in [7, 11) is 1.94. The van der Waals surface area contributed by atoms with Crippen molar-refractivity contribution in [1.82, 2.24) is 14.7 Å². The number of hydrogen-bond acceptors (Lipinski definition) is 3. The molecule has 1 aliphatic rings. The van der Waals surface area contributed by atoms with Gasteiger partial charge in [0.25, 0.3) is 0 Å². The van der Waals surface area contributed by atoms with Crippen LogP contribution in [0.1, 0.15) is 26.0 Å². The number of likely N-dealkylation sites (tertiary alicyclic amines) is 1. The van der Waals surface area contributed by atoms with Gasteiger partial charge in [-0.3, -0.25) is 9.48 Å². The molecule has 2 heterocycles. The quantitative estimate of drug-likeness (QED) is 0.874. The molecular formula is C14H23N3O2. The van der Waals surface area contributed by atoms with Crippen LogP contribution >= 0.6 is 0 Å². The standard InChI is InChI=1S/C14H23N3O2/c1-11(2)14(13(18)19)6-9-17(10-14)8-5-12-4-7-15-16(12)3/h4,7,11H,5-6,8-10H2,1-3H3,(H,18,19). The first kappa shape index (κ1) is 14.1. The summed E-state index contributed by atoms with van der Waals surface area (Å²) in [5.74, 6) is -0.475. The minimum absolute atomic E-state index is 0.173. The molecule has 1 atom stereocenters. The van der Waals surface area contributed by atoms with Crippen LogP contribution in [0.15, 0.2) is 12.3 Å². The highest BCUT2D eigenvalue weighted by Gasteiger charge is 2.46. The summed E-state index contributed by atoms with van der Waals surface area (Å²) < 4.78 is 1.88. The van der Waals surface area contributed by atoms with Gasteiger partial charge in [-0.1, -0.05) is 13.8 Å². The van der Waals surface area contributed by atoms with E-state index in [2.05, 4.69) is 10.00 Å². The first-order valence-corrected chi connectivity index (χ1v) is 6.88. The molecule has 0 amide bonds. The molecule has 1 N–H and O–H groups in total. The molecule has 5 heteroatoms. The molecule has 1 aliphatic heterocycles. The molecule has 0 bridgehead atoms. The fraction of sp³-hybridized carbons (Fsp3) is 0.714.